The number of aromatic nitrogens is 4. The monoisotopic (exact) mass is 340 g/mol. The molecule has 2 aromatic rings. The predicted molar refractivity (Wildman–Crippen MR) is 75.5 cm³/mol. The second-order valence-electron chi connectivity index (χ2n) is 4.06. The van der Waals surface area contributed by atoms with E-state index in [0.717, 1.165) is 0 Å². The van der Waals surface area contributed by atoms with E-state index in [2.05, 4.69) is 36.8 Å². The summed E-state index contributed by atoms with van der Waals surface area (Å²) in [6, 6.07) is 0. The number of nitrogens with one attached hydrogen (secondary N) is 2. The molecule has 0 bridgehead atoms. The molecule has 0 unspecified atom stereocenters. The average molecular weight is 341 g/mol. The average Bonchev–Trinajstić information content (AvgIpc) is 2.91. The van der Waals surface area contributed by atoms with E-state index in [1.807, 2.05) is 0 Å². The van der Waals surface area contributed by atoms with E-state index in [9.17, 15) is 9.59 Å². The molecule has 0 radical (unpaired) electrons. The van der Waals surface area contributed by atoms with Crippen LogP contribution < -0.4 is 10.6 Å². The molecule has 0 aliphatic rings. The molecule has 2 amide bonds. The minimum atomic E-state index is -0.380. The van der Waals surface area contributed by atoms with Gasteiger partial charge in [0.1, 0.15) is 5.69 Å². The molecule has 2 rings (SSSR count). The third-order valence-electron chi connectivity index (χ3n) is 2.63. The zero-order chi connectivity index (χ0) is 14.9. The Morgan fingerprint density at radius 2 is 2.00 bits per heavy atom. The molecular formula is C11H13BrN6O2. The van der Waals surface area contributed by atoms with Crippen LogP contribution in [0.2, 0.25) is 0 Å². The van der Waals surface area contributed by atoms with Gasteiger partial charge in [-0.2, -0.15) is 10.2 Å². The summed E-state index contributed by atoms with van der Waals surface area (Å²) in [5.41, 5.74) is 0.850. The van der Waals surface area contributed by atoms with Crippen LogP contribution in [0.5, 0.6) is 0 Å². The summed E-state index contributed by atoms with van der Waals surface area (Å²) >= 11 is 3.25. The fraction of sp³-hybridized carbons (Fsp3) is 0.273. The van der Waals surface area contributed by atoms with Gasteiger partial charge in [0.25, 0.3) is 11.8 Å². The Balaban J connectivity index is 2.31. The van der Waals surface area contributed by atoms with Gasteiger partial charge in [-0.05, 0) is 15.9 Å². The Kier molecular flexibility index (Phi) is 3.89. The lowest BCUT2D eigenvalue weighted by atomic mass is 10.3. The Hall–Kier alpha value is -2.16. The molecule has 0 aromatic carbocycles. The maximum Gasteiger partial charge on any atom is 0.275 e. The maximum atomic E-state index is 12.2. The second-order valence-corrected chi connectivity index (χ2v) is 4.92. The van der Waals surface area contributed by atoms with E-state index >= 15 is 0 Å². The SMILES string of the molecule is CNC(=O)c1nn(C)cc1NC(=O)c1c(Br)cnn1C. The van der Waals surface area contributed by atoms with Gasteiger partial charge in [0.2, 0.25) is 0 Å². The summed E-state index contributed by atoms with van der Waals surface area (Å²) in [5.74, 6) is -0.750. The number of hydrogen-bond acceptors (Lipinski definition) is 4. The number of rotatable bonds is 3. The summed E-state index contributed by atoms with van der Waals surface area (Å²) in [6.07, 6.45) is 3.09. The summed E-state index contributed by atoms with van der Waals surface area (Å²) < 4.78 is 3.47. The largest absolute Gasteiger partial charge is 0.354 e. The minimum absolute atomic E-state index is 0.154. The van der Waals surface area contributed by atoms with Crippen LogP contribution in [0.1, 0.15) is 21.0 Å². The first kappa shape index (κ1) is 14.3. The number of carbonyl (C=O) groups is 2. The summed E-state index contributed by atoms with van der Waals surface area (Å²) in [5, 5.41) is 13.1. The van der Waals surface area contributed by atoms with Gasteiger partial charge in [0.15, 0.2) is 5.69 Å². The highest BCUT2D eigenvalue weighted by Gasteiger charge is 2.20. The fourth-order valence-corrected chi connectivity index (χ4v) is 2.24. The van der Waals surface area contributed by atoms with Crippen LogP contribution in [0.15, 0.2) is 16.9 Å². The zero-order valence-electron chi connectivity index (χ0n) is 11.1. The molecule has 2 aromatic heterocycles. The van der Waals surface area contributed by atoms with Crippen LogP contribution in [0.4, 0.5) is 5.69 Å². The maximum absolute atomic E-state index is 12.2. The lowest BCUT2D eigenvalue weighted by Crippen LogP contribution is -2.22. The quantitative estimate of drug-likeness (QED) is 0.852. The van der Waals surface area contributed by atoms with Crippen LogP contribution in [0.25, 0.3) is 0 Å². The first-order valence-electron chi connectivity index (χ1n) is 5.68. The van der Waals surface area contributed by atoms with E-state index in [4.69, 9.17) is 0 Å². The van der Waals surface area contributed by atoms with Crippen LogP contribution in [-0.2, 0) is 14.1 Å². The molecule has 0 spiro atoms. The Bertz CT molecular complexity index is 655. The number of anilines is 1. The second kappa shape index (κ2) is 5.45. The van der Waals surface area contributed by atoms with E-state index in [-0.39, 0.29) is 17.5 Å². The van der Waals surface area contributed by atoms with Gasteiger partial charge in [0, 0.05) is 27.3 Å². The van der Waals surface area contributed by atoms with Gasteiger partial charge >= 0.3 is 0 Å². The minimum Gasteiger partial charge on any atom is -0.354 e. The molecule has 0 aliphatic carbocycles. The van der Waals surface area contributed by atoms with Crippen LogP contribution in [0, 0.1) is 0 Å². The molecule has 2 N–H and O–H groups in total. The smallest absolute Gasteiger partial charge is 0.275 e. The third-order valence-corrected chi connectivity index (χ3v) is 3.21. The van der Waals surface area contributed by atoms with Crippen molar-refractivity contribution in [1.29, 1.82) is 0 Å². The number of amides is 2. The molecular weight excluding hydrogens is 328 g/mol. The molecule has 0 aliphatic heterocycles. The molecule has 0 saturated heterocycles. The normalized spacial score (nSPS) is 10.4. The first-order chi connectivity index (χ1) is 9.43. The number of carbonyl (C=O) groups excluding carboxylic acids is 2. The Morgan fingerprint density at radius 1 is 1.30 bits per heavy atom. The van der Waals surface area contributed by atoms with Crippen LogP contribution >= 0.6 is 15.9 Å². The van der Waals surface area contributed by atoms with Gasteiger partial charge in [-0.25, -0.2) is 0 Å². The van der Waals surface area contributed by atoms with Crippen molar-refractivity contribution in [3.8, 4) is 0 Å². The first-order valence-corrected chi connectivity index (χ1v) is 6.48. The van der Waals surface area contributed by atoms with Gasteiger partial charge in [-0.1, -0.05) is 0 Å². The third kappa shape index (κ3) is 2.57. The molecule has 20 heavy (non-hydrogen) atoms. The number of aryl methyl sites for hydroxylation is 2. The van der Waals surface area contributed by atoms with Crippen molar-refractivity contribution in [2.45, 2.75) is 0 Å². The van der Waals surface area contributed by atoms with Crippen molar-refractivity contribution in [3.05, 3.63) is 28.3 Å². The molecule has 2 heterocycles. The highest BCUT2D eigenvalue weighted by atomic mass is 79.9. The van der Waals surface area contributed by atoms with E-state index in [0.29, 0.717) is 15.9 Å². The zero-order valence-corrected chi connectivity index (χ0v) is 12.7. The molecule has 0 saturated carbocycles. The van der Waals surface area contributed by atoms with Gasteiger partial charge in [-0.15, -0.1) is 0 Å². The lowest BCUT2D eigenvalue weighted by Gasteiger charge is -2.05. The van der Waals surface area contributed by atoms with Crippen molar-refractivity contribution in [3.63, 3.8) is 0 Å². The summed E-state index contributed by atoms with van der Waals surface area (Å²) in [7, 11) is 4.82. The van der Waals surface area contributed by atoms with Gasteiger partial charge < -0.3 is 10.6 Å². The van der Waals surface area contributed by atoms with Crippen molar-refractivity contribution >= 4 is 33.4 Å². The fourth-order valence-electron chi connectivity index (χ4n) is 1.71. The van der Waals surface area contributed by atoms with Crippen LogP contribution in [-0.4, -0.2) is 38.4 Å². The van der Waals surface area contributed by atoms with E-state index in [1.165, 1.54) is 22.6 Å². The Morgan fingerprint density at radius 3 is 2.55 bits per heavy atom. The molecule has 106 valence electrons. The molecule has 9 heteroatoms. The number of nitrogens with zero attached hydrogens (tertiary/aromatic N) is 4. The van der Waals surface area contributed by atoms with E-state index in [1.54, 1.807) is 20.3 Å². The molecule has 0 fully saturated rings. The Labute approximate surface area is 123 Å². The van der Waals surface area contributed by atoms with Crippen molar-refractivity contribution < 1.29 is 9.59 Å². The molecule has 8 nitrogen and oxygen atoms in total. The highest BCUT2D eigenvalue weighted by molar-refractivity contribution is 9.10. The van der Waals surface area contributed by atoms with Crippen molar-refractivity contribution in [2.24, 2.45) is 14.1 Å². The number of halogens is 1. The molecule has 0 atom stereocenters. The number of hydrogen-bond donors (Lipinski definition) is 2. The van der Waals surface area contributed by atoms with Crippen molar-refractivity contribution in [2.75, 3.05) is 12.4 Å². The van der Waals surface area contributed by atoms with Crippen LogP contribution in [0.3, 0.4) is 0 Å². The van der Waals surface area contributed by atoms with Gasteiger partial charge in [0.05, 0.1) is 16.4 Å². The summed E-state index contributed by atoms with van der Waals surface area (Å²) in [6.45, 7) is 0. The lowest BCUT2D eigenvalue weighted by molar-refractivity contribution is 0.0958. The summed E-state index contributed by atoms with van der Waals surface area (Å²) in [4.78, 5) is 23.9. The predicted octanol–water partition coefficient (Wildman–Crippen LogP) is 0.528. The van der Waals surface area contributed by atoms with Gasteiger partial charge in [-0.3, -0.25) is 19.0 Å². The van der Waals surface area contributed by atoms with Crippen molar-refractivity contribution in [1.82, 2.24) is 24.9 Å². The standard InChI is InChI=1S/C11H13BrN6O2/c1-13-10(19)8-7(5-17(2)16-8)15-11(20)9-6(12)4-14-18(9)3/h4-5H,1-3H3,(H,13,19)(H,15,20). The topological polar surface area (TPSA) is 93.8 Å². The van der Waals surface area contributed by atoms with E-state index < -0.39 is 0 Å². The highest BCUT2D eigenvalue weighted by Crippen LogP contribution is 2.19.